The summed E-state index contributed by atoms with van der Waals surface area (Å²) in [5.74, 6) is 5.75. The summed E-state index contributed by atoms with van der Waals surface area (Å²) in [6.07, 6.45) is 11.4. The first-order valence-electron chi connectivity index (χ1n) is 25.7. The number of aromatic nitrogens is 8. The van der Waals surface area contributed by atoms with Gasteiger partial charge in [0.05, 0.1) is 39.6 Å². The van der Waals surface area contributed by atoms with Crippen molar-refractivity contribution in [3.05, 3.63) is 60.7 Å². The van der Waals surface area contributed by atoms with Gasteiger partial charge in [-0.1, -0.05) is 104 Å². The Labute approximate surface area is 410 Å². The number of nitrogens with one attached hydrogen (secondary N) is 2. The average molecular weight is 947 g/mol. The Morgan fingerprint density at radius 3 is 0.814 bits per heavy atom. The van der Waals surface area contributed by atoms with Gasteiger partial charge in [0.1, 0.15) is 22.6 Å². The number of rotatable bonds is 24. The highest BCUT2D eigenvalue weighted by molar-refractivity contribution is 6.08. The van der Waals surface area contributed by atoms with Crippen molar-refractivity contribution in [2.24, 2.45) is 0 Å². The van der Waals surface area contributed by atoms with Crippen molar-refractivity contribution < 1.29 is 28.4 Å². The minimum Gasteiger partial charge on any atom is -0.490 e. The minimum atomic E-state index is 0.447. The van der Waals surface area contributed by atoms with E-state index in [-0.39, 0.29) is 0 Å². The number of hydrogen-bond acceptors (Lipinski definition) is 12. The van der Waals surface area contributed by atoms with E-state index in [1.807, 2.05) is 60.7 Å². The van der Waals surface area contributed by atoms with Gasteiger partial charge in [-0.3, -0.25) is 0 Å². The molecule has 0 spiro atoms. The fourth-order valence-electron chi connectivity index (χ4n) is 8.39. The zero-order valence-corrected chi connectivity index (χ0v) is 41.6. The Morgan fingerprint density at radius 1 is 0.314 bits per heavy atom. The fourth-order valence-corrected chi connectivity index (χ4v) is 8.39. The SMILES string of the molecule is CCCCOc1cc2c(cc1OCCCC)-c1nc-2nc2[nH]c(nc3nc(nc4[nH]c(n1)c1cc(OCCCC)c(OCCCC)cc41)-c1ccccc1-3)c1cc(OCCCC)c(OCCCC)cc21. The van der Waals surface area contributed by atoms with Gasteiger partial charge in [0.25, 0.3) is 0 Å². The molecule has 14 heteroatoms. The second kappa shape index (κ2) is 22.6. The normalized spacial score (nSPS) is 11.7. The van der Waals surface area contributed by atoms with Crippen molar-refractivity contribution >= 4 is 44.1 Å². The summed E-state index contributed by atoms with van der Waals surface area (Å²) in [6.45, 7) is 16.2. The van der Waals surface area contributed by atoms with Crippen molar-refractivity contribution in [3.8, 4) is 80.0 Å². The molecule has 0 atom stereocenters. The predicted molar refractivity (Wildman–Crippen MR) is 278 cm³/mol. The lowest BCUT2D eigenvalue weighted by Crippen LogP contribution is -2.03. The quantitative estimate of drug-likeness (QED) is 0.0552. The van der Waals surface area contributed by atoms with E-state index in [0.717, 1.165) is 121 Å². The molecule has 7 aromatic rings. The Kier molecular flexibility index (Phi) is 15.6. The number of nitrogens with zero attached hydrogens (tertiary/aromatic N) is 6. The van der Waals surface area contributed by atoms with E-state index in [4.69, 9.17) is 58.3 Å². The molecule has 70 heavy (non-hydrogen) atoms. The van der Waals surface area contributed by atoms with Gasteiger partial charge < -0.3 is 38.4 Å². The van der Waals surface area contributed by atoms with Crippen molar-refractivity contribution in [2.45, 2.75) is 119 Å². The second-order valence-corrected chi connectivity index (χ2v) is 17.9. The lowest BCUT2D eigenvalue weighted by Gasteiger charge is -2.14. The van der Waals surface area contributed by atoms with E-state index in [1.54, 1.807) is 0 Å². The van der Waals surface area contributed by atoms with Crippen LogP contribution in [0.25, 0.3) is 89.7 Å². The fraction of sp³-hybridized carbons (Fsp3) is 0.429. The third kappa shape index (κ3) is 10.3. The molecule has 14 nitrogen and oxygen atoms in total. The van der Waals surface area contributed by atoms with Gasteiger partial charge in [0.2, 0.25) is 0 Å². The molecule has 2 aliphatic heterocycles. The standard InChI is InChI=1S/C56H66N8O6/c1-7-13-23-65-43-29-37-39(31-45(43)67-25-15-9-3)53-60-51(37)58-49-35-21-19-20-22-36(35)50(57-49)59-52-38-30-44(66-24-14-8-2)46(68-26-16-10-4)32-40(38)54(61-52)63-56-42-34-48(70-28-18-12-6)47(69-27-17-11-5)33-41(42)55(62-53)64-56/h19-22,29-34H,7-18,23-28H2,1-6H3,(H2,57,58,59,60,61,62,63,64). The van der Waals surface area contributed by atoms with Gasteiger partial charge >= 0.3 is 0 Å². The van der Waals surface area contributed by atoms with E-state index in [0.29, 0.717) is 120 Å². The van der Waals surface area contributed by atoms with Crippen molar-refractivity contribution in [1.29, 1.82) is 0 Å². The molecule has 0 amide bonds. The Morgan fingerprint density at radius 2 is 0.557 bits per heavy atom. The molecule has 0 radical (unpaired) electrons. The minimum absolute atomic E-state index is 0.447. The summed E-state index contributed by atoms with van der Waals surface area (Å²) in [5, 5.41) is 3.18. The molecule has 5 heterocycles. The highest BCUT2D eigenvalue weighted by atomic mass is 16.5. The lowest BCUT2D eigenvalue weighted by atomic mass is 10.1. The number of benzene rings is 4. The van der Waals surface area contributed by atoms with Gasteiger partial charge in [-0.05, 0) is 74.9 Å². The Balaban J connectivity index is 1.39. The van der Waals surface area contributed by atoms with Crippen LogP contribution in [0.15, 0.2) is 60.7 Å². The van der Waals surface area contributed by atoms with E-state index in [2.05, 4.69) is 51.5 Å². The highest BCUT2D eigenvalue weighted by Gasteiger charge is 2.26. The summed E-state index contributed by atoms with van der Waals surface area (Å²) in [6, 6.07) is 20.1. The van der Waals surface area contributed by atoms with E-state index < -0.39 is 0 Å². The zero-order valence-electron chi connectivity index (χ0n) is 41.6. The second-order valence-electron chi connectivity index (χ2n) is 17.9. The first-order valence-corrected chi connectivity index (χ1v) is 25.7. The van der Waals surface area contributed by atoms with E-state index >= 15 is 0 Å². The average Bonchev–Trinajstić information content (AvgIpc) is 4.09. The van der Waals surface area contributed by atoms with Crippen molar-refractivity contribution in [2.75, 3.05) is 39.6 Å². The molecule has 3 aromatic heterocycles. The molecular weight excluding hydrogens is 881 g/mol. The lowest BCUT2D eigenvalue weighted by molar-refractivity contribution is 0.262. The smallest absolute Gasteiger partial charge is 0.164 e. The van der Waals surface area contributed by atoms with Gasteiger partial charge in [0.15, 0.2) is 57.8 Å². The largest absolute Gasteiger partial charge is 0.490 e. The molecule has 0 saturated heterocycles. The van der Waals surface area contributed by atoms with Crippen LogP contribution >= 0.6 is 0 Å². The van der Waals surface area contributed by atoms with Crippen molar-refractivity contribution in [1.82, 2.24) is 39.9 Å². The van der Waals surface area contributed by atoms with Crippen LogP contribution in [0.2, 0.25) is 0 Å². The number of H-pyrrole nitrogens is 2. The molecule has 0 saturated carbocycles. The van der Waals surface area contributed by atoms with Gasteiger partial charge in [-0.15, -0.1) is 0 Å². The molecule has 2 N–H and O–H groups in total. The first kappa shape index (κ1) is 48.1. The molecule has 8 bridgehead atoms. The van der Waals surface area contributed by atoms with E-state index in [9.17, 15) is 0 Å². The number of hydrogen-bond donors (Lipinski definition) is 2. The Bertz CT molecular complexity index is 2930. The molecule has 2 aliphatic rings. The monoisotopic (exact) mass is 947 g/mol. The van der Waals surface area contributed by atoms with Gasteiger partial charge in [-0.2, -0.15) is 0 Å². The molecule has 4 aromatic carbocycles. The number of unbranched alkanes of at least 4 members (excludes halogenated alkanes) is 6. The molecule has 0 fully saturated rings. The maximum atomic E-state index is 6.47. The topological polar surface area (TPSA) is 164 Å². The zero-order chi connectivity index (χ0) is 48.4. The third-order valence-corrected chi connectivity index (χ3v) is 12.5. The first-order chi connectivity index (χ1) is 34.4. The summed E-state index contributed by atoms with van der Waals surface area (Å²) in [7, 11) is 0. The van der Waals surface area contributed by atoms with Crippen LogP contribution in [-0.2, 0) is 0 Å². The van der Waals surface area contributed by atoms with Crippen LogP contribution in [0, 0.1) is 0 Å². The summed E-state index contributed by atoms with van der Waals surface area (Å²) in [5.41, 5.74) is 5.41. The molecular formula is C56H66N8O6. The van der Waals surface area contributed by atoms with Crippen LogP contribution in [0.1, 0.15) is 119 Å². The van der Waals surface area contributed by atoms with Crippen LogP contribution in [0.4, 0.5) is 0 Å². The molecule has 0 aliphatic carbocycles. The molecule has 0 unspecified atom stereocenters. The van der Waals surface area contributed by atoms with Crippen LogP contribution in [0.5, 0.6) is 34.5 Å². The highest BCUT2D eigenvalue weighted by Crippen LogP contribution is 2.44. The maximum absolute atomic E-state index is 6.47. The summed E-state index contributed by atoms with van der Waals surface area (Å²) >= 11 is 0. The number of aromatic amines is 2. The number of fused-ring (bicyclic) bond motifs is 20. The summed E-state index contributed by atoms with van der Waals surface area (Å²) in [4.78, 5) is 38.9. The predicted octanol–water partition coefficient (Wildman–Crippen LogP) is 13.9. The number of ether oxygens (including phenoxy) is 6. The maximum Gasteiger partial charge on any atom is 0.164 e. The van der Waals surface area contributed by atoms with Crippen LogP contribution < -0.4 is 28.4 Å². The summed E-state index contributed by atoms with van der Waals surface area (Å²) < 4.78 is 38.7. The molecule has 9 rings (SSSR count). The van der Waals surface area contributed by atoms with Crippen molar-refractivity contribution in [3.63, 3.8) is 0 Å². The molecule has 366 valence electrons. The van der Waals surface area contributed by atoms with Crippen LogP contribution in [0.3, 0.4) is 0 Å². The third-order valence-electron chi connectivity index (χ3n) is 12.5. The Hall–Kier alpha value is -6.96. The van der Waals surface area contributed by atoms with Gasteiger partial charge in [-0.25, -0.2) is 29.9 Å². The van der Waals surface area contributed by atoms with Crippen LogP contribution in [-0.4, -0.2) is 79.5 Å². The van der Waals surface area contributed by atoms with E-state index in [1.165, 1.54) is 0 Å². The van der Waals surface area contributed by atoms with Gasteiger partial charge in [0, 0.05) is 43.8 Å².